The molecule has 0 aromatic heterocycles. The summed E-state index contributed by atoms with van der Waals surface area (Å²) in [6, 6.07) is 0.193. The van der Waals surface area contributed by atoms with E-state index >= 15 is 0 Å². The Hall–Kier alpha value is -0.940. The van der Waals surface area contributed by atoms with Crippen LogP contribution in [0.25, 0.3) is 0 Å². The fourth-order valence-electron chi connectivity index (χ4n) is 9.92. The number of carbonyl (C=O) groups excluding carboxylic acids is 2. The summed E-state index contributed by atoms with van der Waals surface area (Å²) in [5.74, 6) is 3.22. The molecular formula is C29H48N2O3. The number of likely N-dealkylation sites (tertiary alicyclic amines) is 1. The van der Waals surface area contributed by atoms with Crippen LogP contribution in [0.3, 0.4) is 0 Å². The van der Waals surface area contributed by atoms with Gasteiger partial charge in [-0.05, 0) is 100 Å². The van der Waals surface area contributed by atoms with Crippen molar-refractivity contribution in [1.29, 1.82) is 0 Å². The van der Waals surface area contributed by atoms with Crippen molar-refractivity contribution in [3.05, 3.63) is 0 Å². The average Bonchev–Trinajstić information content (AvgIpc) is 3.03. The molecule has 0 aromatic rings. The van der Waals surface area contributed by atoms with Crippen molar-refractivity contribution >= 4 is 11.7 Å². The lowest BCUT2D eigenvalue weighted by Gasteiger charge is -2.61. The topological polar surface area (TPSA) is 60.9 Å². The Morgan fingerprint density at radius 1 is 0.971 bits per heavy atom. The second kappa shape index (κ2) is 8.30. The van der Waals surface area contributed by atoms with Crippen LogP contribution >= 0.6 is 0 Å². The molecule has 1 amide bonds. The first-order valence-electron chi connectivity index (χ1n) is 14.1. The Balaban J connectivity index is 1.35. The highest BCUT2D eigenvalue weighted by atomic mass is 16.3. The Kier molecular flexibility index (Phi) is 6.04. The van der Waals surface area contributed by atoms with Gasteiger partial charge in [0.2, 0.25) is 5.91 Å². The lowest BCUT2D eigenvalue weighted by atomic mass is 9.44. The molecule has 34 heavy (non-hydrogen) atoms. The predicted molar refractivity (Wildman–Crippen MR) is 134 cm³/mol. The largest absolute Gasteiger partial charge is 0.393 e. The summed E-state index contributed by atoms with van der Waals surface area (Å²) in [6.07, 6.45) is 7.05. The number of β-lactam (4-membered cyclic amide) rings is 1. The van der Waals surface area contributed by atoms with Gasteiger partial charge in [-0.2, -0.15) is 0 Å². The number of fused-ring (bicyclic) bond motifs is 5. The molecule has 4 saturated carbocycles. The maximum Gasteiger partial charge on any atom is 0.228 e. The molecule has 0 bridgehead atoms. The van der Waals surface area contributed by atoms with Gasteiger partial charge in [0, 0.05) is 24.4 Å². The van der Waals surface area contributed by atoms with E-state index in [9.17, 15) is 14.7 Å². The molecule has 5 heteroatoms. The summed E-state index contributed by atoms with van der Waals surface area (Å²) < 4.78 is 0. The monoisotopic (exact) mass is 472 g/mol. The summed E-state index contributed by atoms with van der Waals surface area (Å²) in [6.45, 7) is 12.2. The minimum absolute atomic E-state index is 0.0550. The second-order valence-electron chi connectivity index (χ2n) is 13.9. The van der Waals surface area contributed by atoms with Gasteiger partial charge in [-0.3, -0.25) is 9.59 Å². The van der Waals surface area contributed by atoms with E-state index in [1.165, 1.54) is 12.8 Å². The summed E-state index contributed by atoms with van der Waals surface area (Å²) in [4.78, 5) is 30.8. The Morgan fingerprint density at radius 2 is 1.65 bits per heavy atom. The van der Waals surface area contributed by atoms with E-state index in [-0.39, 0.29) is 40.7 Å². The molecule has 11 unspecified atom stereocenters. The lowest BCUT2D eigenvalue weighted by molar-refractivity contribution is -0.171. The van der Waals surface area contributed by atoms with E-state index in [0.29, 0.717) is 41.4 Å². The number of Topliss-reactive ketones (excluding diaryl/α,β-unsaturated/α-hetero) is 1. The SMILES string of the molecule is CC(C)C1CN(C2CCC3(C)C(CCC4C3CCC3(C)C4CC(O)C3C(C)N(C)C)C2=O)C1=O. The molecule has 0 aromatic carbocycles. The standard InChI is InChI=1S/C29H48N2O3/c1-16(2)19-15-31(27(19)34)23-11-13-28(4)20-10-12-29(5)22(18(20)8-9-21(28)26(23)33)14-24(32)25(29)17(3)30(6)7/h16-25,32H,8-15H2,1-7H3. The zero-order chi connectivity index (χ0) is 24.7. The van der Waals surface area contributed by atoms with Crippen LogP contribution < -0.4 is 0 Å². The number of hydrogen-bond acceptors (Lipinski definition) is 4. The van der Waals surface area contributed by atoms with Crippen molar-refractivity contribution in [3.8, 4) is 0 Å². The molecule has 4 aliphatic carbocycles. The molecule has 5 fully saturated rings. The van der Waals surface area contributed by atoms with Crippen molar-refractivity contribution in [1.82, 2.24) is 9.80 Å². The molecule has 5 aliphatic rings. The van der Waals surface area contributed by atoms with Gasteiger partial charge < -0.3 is 14.9 Å². The van der Waals surface area contributed by atoms with Gasteiger partial charge in [0.1, 0.15) is 0 Å². The van der Waals surface area contributed by atoms with Crippen LogP contribution in [0.1, 0.15) is 79.6 Å². The number of rotatable bonds is 4. The van der Waals surface area contributed by atoms with Crippen molar-refractivity contribution in [2.24, 2.45) is 52.3 Å². The molecule has 0 radical (unpaired) electrons. The highest BCUT2D eigenvalue weighted by Crippen LogP contribution is 2.67. The number of amides is 1. The van der Waals surface area contributed by atoms with Crippen molar-refractivity contribution in [2.45, 2.75) is 97.8 Å². The number of ketones is 1. The summed E-state index contributed by atoms with van der Waals surface area (Å²) in [5, 5.41) is 11.2. The first kappa shape index (κ1) is 24.7. The average molecular weight is 473 g/mol. The second-order valence-corrected chi connectivity index (χ2v) is 13.9. The van der Waals surface area contributed by atoms with Crippen molar-refractivity contribution in [3.63, 3.8) is 0 Å². The highest BCUT2D eigenvalue weighted by molar-refractivity contribution is 5.95. The van der Waals surface area contributed by atoms with Gasteiger partial charge >= 0.3 is 0 Å². The number of aliphatic hydroxyl groups excluding tert-OH is 1. The van der Waals surface area contributed by atoms with E-state index in [2.05, 4.69) is 53.6 Å². The van der Waals surface area contributed by atoms with E-state index in [1.807, 2.05) is 4.90 Å². The molecule has 1 aliphatic heterocycles. The Labute approximate surface area is 207 Å². The fraction of sp³-hybridized carbons (Fsp3) is 0.931. The zero-order valence-corrected chi connectivity index (χ0v) is 22.6. The van der Waals surface area contributed by atoms with Crippen LogP contribution in [0.2, 0.25) is 0 Å². The molecule has 5 rings (SSSR count). The molecule has 1 saturated heterocycles. The molecule has 1 N–H and O–H groups in total. The van der Waals surface area contributed by atoms with Gasteiger partial charge in [-0.1, -0.05) is 27.7 Å². The lowest BCUT2D eigenvalue weighted by Crippen LogP contribution is -2.65. The van der Waals surface area contributed by atoms with Gasteiger partial charge in [-0.25, -0.2) is 0 Å². The van der Waals surface area contributed by atoms with Crippen LogP contribution in [0.15, 0.2) is 0 Å². The maximum atomic E-state index is 13.8. The smallest absolute Gasteiger partial charge is 0.228 e. The van der Waals surface area contributed by atoms with Gasteiger partial charge in [-0.15, -0.1) is 0 Å². The summed E-state index contributed by atoms with van der Waals surface area (Å²) in [7, 11) is 4.28. The molecule has 1 heterocycles. The predicted octanol–water partition coefficient (Wildman–Crippen LogP) is 4.23. The highest BCUT2D eigenvalue weighted by Gasteiger charge is 2.64. The molecule has 5 nitrogen and oxygen atoms in total. The van der Waals surface area contributed by atoms with Crippen LogP contribution in [0, 0.1) is 52.3 Å². The Bertz CT molecular complexity index is 841. The summed E-state index contributed by atoms with van der Waals surface area (Å²) in [5.41, 5.74) is 0.240. The summed E-state index contributed by atoms with van der Waals surface area (Å²) >= 11 is 0. The molecular weight excluding hydrogens is 424 g/mol. The Morgan fingerprint density at radius 3 is 2.26 bits per heavy atom. The first-order valence-corrected chi connectivity index (χ1v) is 14.1. The zero-order valence-electron chi connectivity index (χ0n) is 22.6. The third kappa shape index (κ3) is 3.31. The van der Waals surface area contributed by atoms with E-state index in [4.69, 9.17) is 0 Å². The fourth-order valence-corrected chi connectivity index (χ4v) is 9.92. The maximum absolute atomic E-state index is 13.8. The third-order valence-corrected chi connectivity index (χ3v) is 12.1. The number of hydrogen-bond donors (Lipinski definition) is 1. The van der Waals surface area contributed by atoms with E-state index in [0.717, 1.165) is 38.6 Å². The molecule has 11 atom stereocenters. The van der Waals surface area contributed by atoms with Gasteiger partial charge in [0.05, 0.1) is 18.1 Å². The third-order valence-electron chi connectivity index (χ3n) is 12.1. The van der Waals surface area contributed by atoms with Gasteiger partial charge in [0.15, 0.2) is 5.78 Å². The quantitative estimate of drug-likeness (QED) is 0.622. The number of nitrogens with zero attached hydrogens (tertiary/aromatic N) is 2. The van der Waals surface area contributed by atoms with Crippen LogP contribution in [0.5, 0.6) is 0 Å². The normalized spacial score (nSPS) is 49.5. The first-order chi connectivity index (χ1) is 15.9. The van der Waals surface area contributed by atoms with E-state index in [1.54, 1.807) is 0 Å². The minimum Gasteiger partial charge on any atom is -0.393 e. The minimum atomic E-state index is -0.222. The molecule has 0 spiro atoms. The van der Waals surface area contributed by atoms with Crippen molar-refractivity contribution in [2.75, 3.05) is 20.6 Å². The van der Waals surface area contributed by atoms with Crippen LogP contribution in [0.4, 0.5) is 0 Å². The van der Waals surface area contributed by atoms with Crippen LogP contribution in [-0.4, -0.2) is 65.4 Å². The van der Waals surface area contributed by atoms with E-state index < -0.39 is 0 Å². The van der Waals surface area contributed by atoms with Crippen LogP contribution in [-0.2, 0) is 9.59 Å². The van der Waals surface area contributed by atoms with Gasteiger partial charge in [0.25, 0.3) is 0 Å². The molecule has 192 valence electrons. The number of aliphatic hydroxyl groups is 1. The number of carbonyl (C=O) groups is 2. The van der Waals surface area contributed by atoms with Crippen molar-refractivity contribution < 1.29 is 14.7 Å².